The number of fused-ring (bicyclic) bond motifs is 1. The molecule has 2 rings (SSSR count). The summed E-state index contributed by atoms with van der Waals surface area (Å²) in [7, 11) is 0. The minimum atomic E-state index is -1.61. The van der Waals surface area contributed by atoms with Gasteiger partial charge in [-0.15, -0.1) is 0 Å². The fourth-order valence-electron chi connectivity index (χ4n) is 4.08. The molecule has 0 saturated heterocycles. The average Bonchev–Trinajstić information content (AvgIpc) is 2.44. The van der Waals surface area contributed by atoms with Crippen LogP contribution in [0.25, 0.3) is 0 Å². The summed E-state index contributed by atoms with van der Waals surface area (Å²) in [5.74, 6) is -1.26. The van der Waals surface area contributed by atoms with Crippen LogP contribution in [0.2, 0.25) is 0 Å². The summed E-state index contributed by atoms with van der Waals surface area (Å²) in [4.78, 5) is 11.1. The lowest BCUT2D eigenvalue weighted by molar-refractivity contribution is -0.200. The first-order valence-electron chi connectivity index (χ1n) is 7.07. The molecule has 0 radical (unpaired) electrons. The van der Waals surface area contributed by atoms with Crippen molar-refractivity contribution in [3.05, 3.63) is 11.6 Å². The zero-order chi connectivity index (χ0) is 15.3. The van der Waals surface area contributed by atoms with Crippen LogP contribution in [0.4, 0.5) is 0 Å². The van der Waals surface area contributed by atoms with Gasteiger partial charge in [-0.05, 0) is 50.9 Å². The number of rotatable bonds is 2. The number of carbonyl (C=O) groups is 1. The number of hydrogen-bond donors (Lipinski definition) is 4. The third kappa shape index (κ3) is 2.08. The van der Waals surface area contributed by atoms with Crippen LogP contribution in [-0.2, 0) is 4.79 Å². The van der Waals surface area contributed by atoms with Gasteiger partial charge in [0.1, 0.15) is 5.60 Å². The van der Waals surface area contributed by atoms with Gasteiger partial charge in [-0.1, -0.05) is 13.0 Å². The van der Waals surface area contributed by atoms with E-state index < -0.39 is 28.7 Å². The maximum atomic E-state index is 11.1. The summed E-state index contributed by atoms with van der Waals surface area (Å²) >= 11 is 0. The first kappa shape index (κ1) is 15.5. The number of aliphatic hydroxyl groups is 3. The standard InChI is InChI=1S/C15H24O5/c1-13(2,19)15(20)10-5-4-9(12(17)18)6-7-14(10,3)8-11(15)16/h6,10-11,16,19-20H,4-5,7-8H2,1-3H3,(H,17,18)/t10-,11-,14+,15-/m0/s1. The van der Waals surface area contributed by atoms with E-state index in [0.717, 1.165) is 0 Å². The number of carboxylic acid groups (broad SMARTS) is 1. The van der Waals surface area contributed by atoms with Crippen molar-refractivity contribution >= 4 is 5.97 Å². The van der Waals surface area contributed by atoms with Gasteiger partial charge in [-0.3, -0.25) is 0 Å². The van der Waals surface area contributed by atoms with Crippen LogP contribution in [0.3, 0.4) is 0 Å². The molecule has 1 saturated carbocycles. The molecule has 2 aliphatic carbocycles. The zero-order valence-electron chi connectivity index (χ0n) is 12.3. The lowest BCUT2D eigenvalue weighted by Gasteiger charge is -2.45. The highest BCUT2D eigenvalue weighted by Crippen LogP contribution is 2.58. The maximum Gasteiger partial charge on any atom is 0.331 e. The van der Waals surface area contributed by atoms with Gasteiger partial charge in [-0.25, -0.2) is 4.79 Å². The van der Waals surface area contributed by atoms with Gasteiger partial charge >= 0.3 is 5.97 Å². The van der Waals surface area contributed by atoms with Gasteiger partial charge in [0.15, 0.2) is 0 Å². The first-order chi connectivity index (χ1) is 9.02. The smallest absolute Gasteiger partial charge is 0.331 e. The van der Waals surface area contributed by atoms with Crippen LogP contribution < -0.4 is 0 Å². The van der Waals surface area contributed by atoms with Crippen molar-refractivity contribution in [2.75, 3.05) is 0 Å². The molecule has 0 heterocycles. The van der Waals surface area contributed by atoms with Gasteiger partial charge in [0.2, 0.25) is 0 Å². The predicted octanol–water partition coefficient (Wildman–Crippen LogP) is 1.07. The molecular weight excluding hydrogens is 260 g/mol. The van der Waals surface area contributed by atoms with Gasteiger partial charge in [0.05, 0.1) is 11.7 Å². The predicted molar refractivity (Wildman–Crippen MR) is 73.0 cm³/mol. The van der Waals surface area contributed by atoms with Gasteiger partial charge in [0.25, 0.3) is 0 Å². The van der Waals surface area contributed by atoms with Gasteiger partial charge < -0.3 is 20.4 Å². The molecule has 0 aromatic rings. The summed E-state index contributed by atoms with van der Waals surface area (Å²) < 4.78 is 0. The summed E-state index contributed by atoms with van der Waals surface area (Å²) in [5, 5.41) is 40.7. The van der Waals surface area contributed by atoms with E-state index >= 15 is 0 Å². The lowest BCUT2D eigenvalue weighted by atomic mass is 9.67. The molecule has 114 valence electrons. The molecule has 0 aromatic carbocycles. The molecule has 2 aliphatic rings. The number of aliphatic hydroxyl groups excluding tert-OH is 1. The Labute approximate surface area is 118 Å². The quantitative estimate of drug-likeness (QED) is 0.608. The molecule has 0 unspecified atom stereocenters. The first-order valence-corrected chi connectivity index (χ1v) is 7.07. The number of hydrogen-bond acceptors (Lipinski definition) is 4. The molecule has 0 amide bonds. The largest absolute Gasteiger partial charge is 0.478 e. The molecule has 0 aliphatic heterocycles. The van der Waals surface area contributed by atoms with Crippen LogP contribution in [0.15, 0.2) is 11.6 Å². The van der Waals surface area contributed by atoms with Crippen molar-refractivity contribution in [2.45, 2.75) is 63.8 Å². The summed E-state index contributed by atoms with van der Waals surface area (Å²) in [6, 6.07) is 0. The number of allylic oxidation sites excluding steroid dienone is 1. The molecule has 20 heavy (non-hydrogen) atoms. The van der Waals surface area contributed by atoms with E-state index in [0.29, 0.717) is 31.3 Å². The molecule has 4 N–H and O–H groups in total. The Kier molecular flexibility index (Phi) is 3.52. The Balaban J connectivity index is 2.40. The third-order valence-electron chi connectivity index (χ3n) is 5.31. The van der Waals surface area contributed by atoms with E-state index in [1.165, 1.54) is 13.8 Å². The molecule has 1 fully saturated rings. The molecule has 0 spiro atoms. The molecule has 0 aromatic heterocycles. The second-order valence-electron chi connectivity index (χ2n) is 7.09. The second-order valence-corrected chi connectivity index (χ2v) is 7.09. The van der Waals surface area contributed by atoms with E-state index in [1.54, 1.807) is 6.08 Å². The van der Waals surface area contributed by atoms with E-state index in [-0.39, 0.29) is 5.92 Å². The van der Waals surface area contributed by atoms with Crippen molar-refractivity contribution in [1.29, 1.82) is 0 Å². The third-order valence-corrected chi connectivity index (χ3v) is 5.31. The van der Waals surface area contributed by atoms with Crippen molar-refractivity contribution in [1.82, 2.24) is 0 Å². The molecule has 4 atom stereocenters. The van der Waals surface area contributed by atoms with Crippen LogP contribution in [0.5, 0.6) is 0 Å². The van der Waals surface area contributed by atoms with Gasteiger partial charge in [-0.2, -0.15) is 0 Å². The van der Waals surface area contributed by atoms with E-state index in [9.17, 15) is 20.1 Å². The highest BCUT2D eigenvalue weighted by Gasteiger charge is 2.64. The van der Waals surface area contributed by atoms with Crippen LogP contribution in [-0.4, -0.2) is 43.7 Å². The SMILES string of the molecule is CC(C)(O)[C@@]1(O)[C@@H](O)C[C@@]2(C)CC=C(C(=O)O)CC[C@@H]21. The molecule has 0 bridgehead atoms. The fourth-order valence-corrected chi connectivity index (χ4v) is 4.08. The van der Waals surface area contributed by atoms with E-state index in [2.05, 4.69) is 0 Å². The zero-order valence-corrected chi connectivity index (χ0v) is 12.3. The number of aliphatic carboxylic acids is 1. The minimum absolute atomic E-state index is 0.335. The molecule has 5 nitrogen and oxygen atoms in total. The van der Waals surface area contributed by atoms with Crippen LogP contribution >= 0.6 is 0 Å². The van der Waals surface area contributed by atoms with Crippen LogP contribution in [0, 0.1) is 11.3 Å². The highest BCUT2D eigenvalue weighted by molar-refractivity contribution is 5.86. The number of carboxylic acids is 1. The Morgan fingerprint density at radius 3 is 2.55 bits per heavy atom. The Bertz CT molecular complexity index is 450. The lowest BCUT2D eigenvalue weighted by Crippen LogP contribution is -2.60. The molecular formula is C15H24O5. The summed E-state index contributed by atoms with van der Waals surface area (Å²) in [6.45, 7) is 4.95. The monoisotopic (exact) mass is 284 g/mol. The van der Waals surface area contributed by atoms with E-state index in [1.807, 2.05) is 6.92 Å². The van der Waals surface area contributed by atoms with Crippen molar-refractivity contribution < 1.29 is 25.2 Å². The van der Waals surface area contributed by atoms with E-state index in [4.69, 9.17) is 5.11 Å². The highest BCUT2D eigenvalue weighted by atomic mass is 16.4. The van der Waals surface area contributed by atoms with Crippen LogP contribution in [0.1, 0.15) is 46.5 Å². The topological polar surface area (TPSA) is 98.0 Å². The Morgan fingerprint density at radius 1 is 1.45 bits per heavy atom. The Hall–Kier alpha value is -0.910. The molecule has 5 heteroatoms. The summed E-state index contributed by atoms with van der Waals surface area (Å²) in [5.41, 5.74) is -3.09. The normalized spacial score (nSPS) is 41.8. The van der Waals surface area contributed by atoms with Crippen molar-refractivity contribution in [3.8, 4) is 0 Å². The fraction of sp³-hybridized carbons (Fsp3) is 0.800. The van der Waals surface area contributed by atoms with Gasteiger partial charge in [0, 0.05) is 5.57 Å². The minimum Gasteiger partial charge on any atom is -0.478 e. The van der Waals surface area contributed by atoms with Crippen molar-refractivity contribution in [3.63, 3.8) is 0 Å². The van der Waals surface area contributed by atoms with Crippen molar-refractivity contribution in [2.24, 2.45) is 11.3 Å². The maximum absolute atomic E-state index is 11.1. The average molecular weight is 284 g/mol. The summed E-state index contributed by atoms with van der Waals surface area (Å²) in [6.07, 6.45) is 2.35. The second kappa shape index (κ2) is 4.55. The Morgan fingerprint density at radius 2 is 2.05 bits per heavy atom.